The van der Waals surface area contributed by atoms with E-state index in [1.807, 2.05) is 37.3 Å². The summed E-state index contributed by atoms with van der Waals surface area (Å²) in [4.78, 5) is 27.3. The van der Waals surface area contributed by atoms with Crippen LogP contribution < -0.4 is 0 Å². The molecule has 0 radical (unpaired) electrons. The van der Waals surface area contributed by atoms with E-state index in [2.05, 4.69) is 27.7 Å². The van der Waals surface area contributed by atoms with Crippen LogP contribution in [0.15, 0.2) is 30.3 Å². The predicted octanol–water partition coefficient (Wildman–Crippen LogP) is 5.85. The molecule has 1 aromatic rings. The molecular formula is C25H40BNO4. The number of amides is 2. The van der Waals surface area contributed by atoms with Crippen LogP contribution in [0.3, 0.4) is 0 Å². The van der Waals surface area contributed by atoms with Crippen LogP contribution in [0.25, 0.3) is 0 Å². The molecule has 0 N–H and O–H groups in total. The van der Waals surface area contributed by atoms with Gasteiger partial charge in [0.1, 0.15) is 6.61 Å². The quantitative estimate of drug-likeness (QED) is 0.370. The summed E-state index contributed by atoms with van der Waals surface area (Å²) in [5.74, 6) is -0.419. The Labute approximate surface area is 189 Å². The molecule has 5 nitrogen and oxygen atoms in total. The molecule has 1 fully saturated rings. The van der Waals surface area contributed by atoms with Gasteiger partial charge < -0.3 is 9.39 Å². The number of unbranched alkanes of at least 4 members (excludes halogenated alkanes) is 2. The summed E-state index contributed by atoms with van der Waals surface area (Å²) < 4.78 is 11.8. The van der Waals surface area contributed by atoms with E-state index in [1.165, 1.54) is 4.90 Å². The summed E-state index contributed by atoms with van der Waals surface area (Å²) in [7, 11) is 0. The highest BCUT2D eigenvalue weighted by Crippen LogP contribution is 2.27. The van der Waals surface area contributed by atoms with Crippen LogP contribution in [0.2, 0.25) is 12.6 Å². The van der Waals surface area contributed by atoms with Crippen LogP contribution in [0, 0.1) is 11.8 Å². The van der Waals surface area contributed by atoms with E-state index in [1.54, 1.807) is 0 Å². The summed E-state index contributed by atoms with van der Waals surface area (Å²) in [6.07, 6.45) is 6.39. The molecule has 2 rings (SSSR count). The maximum absolute atomic E-state index is 13.5. The smallest absolute Gasteiger partial charge is 0.416 e. The second kappa shape index (κ2) is 12.9. The highest BCUT2D eigenvalue weighted by molar-refractivity contribution is 6.51. The summed E-state index contributed by atoms with van der Waals surface area (Å²) in [5.41, 5.74) is 1.09. The van der Waals surface area contributed by atoms with Crippen molar-refractivity contribution in [1.29, 1.82) is 0 Å². The van der Waals surface area contributed by atoms with Gasteiger partial charge >= 0.3 is 6.09 Å². The lowest BCUT2D eigenvalue weighted by molar-refractivity contribution is -0.136. The van der Waals surface area contributed by atoms with Crippen molar-refractivity contribution in [2.24, 2.45) is 11.8 Å². The van der Waals surface area contributed by atoms with Gasteiger partial charge in [-0.05, 0) is 30.5 Å². The Morgan fingerprint density at radius 1 is 1.13 bits per heavy atom. The molecule has 0 saturated carbocycles. The molecule has 1 saturated heterocycles. The van der Waals surface area contributed by atoms with Crippen LogP contribution in [0.4, 0.5) is 4.79 Å². The third-order valence-corrected chi connectivity index (χ3v) is 6.16. The van der Waals surface area contributed by atoms with Gasteiger partial charge in [-0.15, -0.1) is 0 Å². The lowest BCUT2D eigenvalue weighted by Gasteiger charge is -2.33. The van der Waals surface area contributed by atoms with E-state index < -0.39 is 12.0 Å². The molecule has 0 unspecified atom stereocenters. The molecule has 1 aliphatic rings. The molecule has 6 heteroatoms. The van der Waals surface area contributed by atoms with Crippen molar-refractivity contribution >= 4 is 18.9 Å². The van der Waals surface area contributed by atoms with Crippen LogP contribution in [-0.2, 0) is 20.6 Å². The third kappa shape index (κ3) is 7.38. The Morgan fingerprint density at radius 3 is 2.29 bits per heavy atom. The van der Waals surface area contributed by atoms with Crippen molar-refractivity contribution in [3.8, 4) is 0 Å². The average Bonchev–Trinajstić information content (AvgIpc) is 3.12. The van der Waals surface area contributed by atoms with Gasteiger partial charge in [-0.1, -0.05) is 90.6 Å². The molecule has 0 aliphatic carbocycles. The molecule has 0 aromatic heterocycles. The third-order valence-electron chi connectivity index (χ3n) is 6.16. The van der Waals surface area contributed by atoms with E-state index in [9.17, 15) is 9.59 Å². The number of cyclic esters (lactones) is 1. The monoisotopic (exact) mass is 429 g/mol. The van der Waals surface area contributed by atoms with E-state index >= 15 is 0 Å². The lowest BCUT2D eigenvalue weighted by atomic mass is 9.58. The van der Waals surface area contributed by atoms with Crippen LogP contribution in [0.5, 0.6) is 0 Å². The predicted molar refractivity (Wildman–Crippen MR) is 126 cm³/mol. The molecule has 1 heterocycles. The number of hydrogen-bond donors (Lipinski definition) is 0. The van der Waals surface area contributed by atoms with Gasteiger partial charge in [0.05, 0.1) is 18.1 Å². The summed E-state index contributed by atoms with van der Waals surface area (Å²) >= 11 is 0. The average molecular weight is 429 g/mol. The second-order valence-electron chi connectivity index (χ2n) is 9.17. The Kier molecular flexibility index (Phi) is 10.6. The standard InChI is InChI=1S/C25H40BNO4/c1-6-8-15-26(16-9-7-2)31-23(19(3)4)20(5)24(28)27-22(18-30-25(27)29)17-21-13-11-10-12-14-21/h10-14,19-20,22-23H,6-9,15-18H2,1-5H3/t20-,22-,23+/m0/s1. The van der Waals surface area contributed by atoms with E-state index in [0.29, 0.717) is 6.42 Å². The van der Waals surface area contributed by atoms with Crippen molar-refractivity contribution in [3.05, 3.63) is 35.9 Å². The molecule has 172 valence electrons. The first-order valence-electron chi connectivity index (χ1n) is 12.1. The van der Waals surface area contributed by atoms with Gasteiger partial charge in [-0.2, -0.15) is 0 Å². The van der Waals surface area contributed by atoms with Gasteiger partial charge in [0, 0.05) is 0 Å². The Bertz CT molecular complexity index is 673. The number of ether oxygens (including phenoxy) is 1. The van der Waals surface area contributed by atoms with Crippen molar-refractivity contribution in [2.45, 2.75) is 91.5 Å². The van der Waals surface area contributed by atoms with Gasteiger partial charge in [0.25, 0.3) is 6.92 Å². The van der Waals surface area contributed by atoms with Crippen molar-refractivity contribution < 1.29 is 19.0 Å². The maximum atomic E-state index is 13.5. The van der Waals surface area contributed by atoms with Crippen LogP contribution in [-0.4, -0.2) is 42.6 Å². The van der Waals surface area contributed by atoms with E-state index in [-0.39, 0.29) is 37.5 Å². The van der Waals surface area contributed by atoms with Gasteiger partial charge in [0.15, 0.2) is 0 Å². The first-order chi connectivity index (χ1) is 14.9. The lowest BCUT2D eigenvalue weighted by Crippen LogP contribution is -2.48. The maximum Gasteiger partial charge on any atom is 0.416 e. The number of hydrogen-bond acceptors (Lipinski definition) is 4. The Hall–Kier alpha value is -1.82. The van der Waals surface area contributed by atoms with Gasteiger partial charge in [0.2, 0.25) is 5.91 Å². The summed E-state index contributed by atoms with van der Waals surface area (Å²) in [5, 5.41) is 0. The number of rotatable bonds is 13. The minimum atomic E-state index is -0.534. The fourth-order valence-corrected chi connectivity index (χ4v) is 4.35. The fraction of sp³-hybridized carbons (Fsp3) is 0.680. The number of carbonyl (C=O) groups excluding carboxylic acids is 2. The fourth-order valence-electron chi connectivity index (χ4n) is 4.35. The molecular weight excluding hydrogens is 389 g/mol. The Morgan fingerprint density at radius 2 is 1.74 bits per heavy atom. The summed E-state index contributed by atoms with van der Waals surface area (Å²) in [6.45, 7) is 10.9. The van der Waals surface area contributed by atoms with Gasteiger partial charge in [-0.3, -0.25) is 4.79 Å². The zero-order chi connectivity index (χ0) is 22.8. The first-order valence-corrected chi connectivity index (χ1v) is 12.1. The number of nitrogens with zero attached hydrogens (tertiary/aromatic N) is 1. The normalized spacial score (nSPS) is 18.2. The molecule has 1 aromatic carbocycles. The first kappa shape index (κ1) is 25.4. The molecule has 31 heavy (non-hydrogen) atoms. The van der Waals surface area contributed by atoms with Crippen molar-refractivity contribution in [2.75, 3.05) is 6.61 Å². The molecule has 1 aliphatic heterocycles. The van der Waals surface area contributed by atoms with Crippen LogP contribution in [0.1, 0.15) is 65.9 Å². The topological polar surface area (TPSA) is 55.8 Å². The molecule has 0 bridgehead atoms. The highest BCUT2D eigenvalue weighted by atomic mass is 16.6. The van der Waals surface area contributed by atoms with Crippen molar-refractivity contribution in [1.82, 2.24) is 4.90 Å². The zero-order valence-electron chi connectivity index (χ0n) is 20.0. The number of imide groups is 1. The molecule has 0 spiro atoms. The summed E-state index contributed by atoms with van der Waals surface area (Å²) in [6, 6.07) is 9.66. The zero-order valence-corrected chi connectivity index (χ0v) is 20.0. The van der Waals surface area contributed by atoms with Gasteiger partial charge in [-0.25, -0.2) is 9.69 Å². The number of benzene rings is 1. The highest BCUT2D eigenvalue weighted by Gasteiger charge is 2.42. The van der Waals surface area contributed by atoms with E-state index in [0.717, 1.165) is 43.9 Å². The molecule has 3 atom stereocenters. The molecule has 2 amide bonds. The minimum Gasteiger partial charge on any atom is -0.447 e. The Balaban J connectivity index is 2.12. The second-order valence-corrected chi connectivity index (χ2v) is 9.17. The van der Waals surface area contributed by atoms with E-state index in [4.69, 9.17) is 9.39 Å². The minimum absolute atomic E-state index is 0.160. The largest absolute Gasteiger partial charge is 0.447 e. The number of carbonyl (C=O) groups is 2. The van der Waals surface area contributed by atoms with Crippen LogP contribution >= 0.6 is 0 Å². The van der Waals surface area contributed by atoms with Crippen molar-refractivity contribution in [3.63, 3.8) is 0 Å². The SMILES string of the molecule is CCCCB(CCCC)O[C@H](C(C)C)[C@H](C)C(=O)N1C(=O)OC[C@@H]1Cc1ccccc1.